The zero-order valence-corrected chi connectivity index (χ0v) is 11.6. The first kappa shape index (κ1) is 16.1. The molecule has 0 fully saturated rings. The fourth-order valence-corrected chi connectivity index (χ4v) is 1.30. The molecule has 4 nitrogen and oxygen atoms in total. The van der Waals surface area contributed by atoms with Crippen molar-refractivity contribution in [2.75, 3.05) is 13.2 Å². The number of hydrogen-bond acceptors (Lipinski definition) is 4. The van der Waals surface area contributed by atoms with E-state index < -0.39 is 11.6 Å². The number of pyridine rings is 1. The fraction of sp³-hybridized carbons (Fsp3) is 0.357. The minimum Gasteiger partial charge on any atom is -0.405 e. The highest BCUT2D eigenvalue weighted by molar-refractivity contribution is 5.08. The van der Waals surface area contributed by atoms with Crippen LogP contribution in [0.2, 0.25) is 0 Å². The Morgan fingerprint density at radius 1 is 1.45 bits per heavy atom. The minimum atomic E-state index is -0.701. The van der Waals surface area contributed by atoms with E-state index in [2.05, 4.69) is 10.3 Å². The molecule has 3 N–H and O–H groups in total. The van der Waals surface area contributed by atoms with Gasteiger partial charge in [-0.2, -0.15) is 0 Å². The highest BCUT2D eigenvalue weighted by atomic mass is 19.1. The largest absolute Gasteiger partial charge is 0.405 e. The van der Waals surface area contributed by atoms with E-state index in [0.29, 0.717) is 13.2 Å². The van der Waals surface area contributed by atoms with E-state index in [4.69, 9.17) is 10.5 Å². The van der Waals surface area contributed by atoms with Crippen LogP contribution >= 0.6 is 0 Å². The number of ether oxygens (including phenoxy) is 1. The van der Waals surface area contributed by atoms with Gasteiger partial charge in [-0.1, -0.05) is 0 Å². The normalized spacial score (nSPS) is 12.6. The quantitative estimate of drug-likeness (QED) is 0.753. The van der Waals surface area contributed by atoms with E-state index in [0.717, 1.165) is 23.5 Å². The second kappa shape index (κ2) is 8.27. The summed E-state index contributed by atoms with van der Waals surface area (Å²) in [5, 5.41) is 3.14. The third-order valence-corrected chi connectivity index (χ3v) is 2.56. The van der Waals surface area contributed by atoms with Crippen molar-refractivity contribution in [2.45, 2.75) is 20.5 Å². The van der Waals surface area contributed by atoms with E-state index in [-0.39, 0.29) is 12.3 Å². The monoisotopic (exact) mass is 283 g/mol. The van der Waals surface area contributed by atoms with Crippen LogP contribution in [-0.2, 0) is 11.3 Å². The number of nitrogens with zero attached hydrogens (tertiary/aromatic N) is 1. The van der Waals surface area contributed by atoms with Crippen LogP contribution in [0.4, 0.5) is 8.78 Å². The summed E-state index contributed by atoms with van der Waals surface area (Å²) in [5.41, 5.74) is 7.40. The first-order valence-corrected chi connectivity index (χ1v) is 6.18. The Morgan fingerprint density at radius 3 is 2.85 bits per heavy atom. The highest BCUT2D eigenvalue weighted by Crippen LogP contribution is 2.07. The number of hydrogen-bond donors (Lipinski definition) is 2. The summed E-state index contributed by atoms with van der Waals surface area (Å²) in [6, 6.07) is 0.788. The first-order valence-electron chi connectivity index (χ1n) is 6.18. The first-order chi connectivity index (χ1) is 9.52. The molecule has 110 valence electrons. The fourth-order valence-electron chi connectivity index (χ4n) is 1.30. The molecule has 0 unspecified atom stereocenters. The van der Waals surface area contributed by atoms with Crippen molar-refractivity contribution < 1.29 is 13.5 Å². The van der Waals surface area contributed by atoms with E-state index >= 15 is 0 Å². The van der Waals surface area contributed by atoms with Crippen LogP contribution in [0.1, 0.15) is 19.5 Å². The summed E-state index contributed by atoms with van der Waals surface area (Å²) in [6.07, 6.45) is 4.33. The maximum absolute atomic E-state index is 13.3. The number of allylic oxidation sites excluding steroid dienone is 1. The van der Waals surface area contributed by atoms with Crippen molar-refractivity contribution in [1.82, 2.24) is 10.3 Å². The summed E-state index contributed by atoms with van der Waals surface area (Å²) in [6.45, 7) is 4.77. The lowest BCUT2D eigenvalue weighted by Crippen LogP contribution is -2.15. The maximum Gasteiger partial charge on any atom is 0.150 e. The third kappa shape index (κ3) is 5.79. The van der Waals surface area contributed by atoms with Gasteiger partial charge in [0.1, 0.15) is 17.3 Å². The zero-order valence-electron chi connectivity index (χ0n) is 11.6. The molecule has 0 aliphatic carbocycles. The van der Waals surface area contributed by atoms with Gasteiger partial charge in [-0.25, -0.2) is 8.78 Å². The SMILES string of the molecule is C/C(=C/N)CN/C(C)=C\COCc1ncc(F)cc1F. The number of nitrogens with one attached hydrogen (secondary N) is 1. The molecule has 0 amide bonds. The standard InChI is InChI=1S/C14H19F2N3O/c1-10(6-17)7-18-11(2)3-4-20-9-14-13(16)5-12(15)8-19-14/h3,5-6,8,18H,4,7,9,17H2,1-2H3/b10-6-,11-3-. The molecule has 0 bridgehead atoms. The molecule has 1 aromatic heterocycles. The van der Waals surface area contributed by atoms with Crippen molar-refractivity contribution in [1.29, 1.82) is 0 Å². The van der Waals surface area contributed by atoms with Gasteiger partial charge in [-0.3, -0.25) is 4.98 Å². The van der Waals surface area contributed by atoms with Crippen LogP contribution in [-0.4, -0.2) is 18.1 Å². The van der Waals surface area contributed by atoms with Crippen molar-refractivity contribution in [3.05, 3.63) is 53.1 Å². The van der Waals surface area contributed by atoms with Gasteiger partial charge in [0, 0.05) is 18.3 Å². The molecule has 0 spiro atoms. The second-order valence-electron chi connectivity index (χ2n) is 4.35. The Morgan fingerprint density at radius 2 is 2.20 bits per heavy atom. The third-order valence-electron chi connectivity index (χ3n) is 2.56. The molecule has 1 rings (SSSR count). The second-order valence-corrected chi connectivity index (χ2v) is 4.35. The van der Waals surface area contributed by atoms with E-state index in [1.54, 1.807) is 6.20 Å². The van der Waals surface area contributed by atoms with Crippen LogP contribution in [0.3, 0.4) is 0 Å². The Hall–Kier alpha value is -1.95. The molecule has 1 aromatic rings. The molecule has 0 saturated heterocycles. The molecule has 0 radical (unpaired) electrons. The van der Waals surface area contributed by atoms with E-state index in [9.17, 15) is 8.78 Å². The maximum atomic E-state index is 13.3. The summed E-state index contributed by atoms with van der Waals surface area (Å²) >= 11 is 0. The number of nitrogens with two attached hydrogens (primary N) is 1. The Balaban J connectivity index is 2.33. The molecule has 1 heterocycles. The average molecular weight is 283 g/mol. The van der Waals surface area contributed by atoms with E-state index in [1.165, 1.54) is 0 Å². The molecule has 0 saturated carbocycles. The average Bonchev–Trinajstić information content (AvgIpc) is 2.42. The van der Waals surface area contributed by atoms with Crippen LogP contribution in [0.25, 0.3) is 0 Å². The molecule has 0 aliphatic heterocycles. The zero-order chi connectivity index (χ0) is 15.0. The molecular formula is C14H19F2N3O. The summed E-state index contributed by atoms with van der Waals surface area (Å²) in [4.78, 5) is 3.63. The van der Waals surface area contributed by atoms with Gasteiger partial charge in [0.25, 0.3) is 0 Å². The van der Waals surface area contributed by atoms with Crippen LogP contribution in [0.15, 0.2) is 35.8 Å². The summed E-state index contributed by atoms with van der Waals surface area (Å²) in [7, 11) is 0. The van der Waals surface area contributed by atoms with Gasteiger partial charge in [0.15, 0.2) is 0 Å². The molecule has 6 heteroatoms. The Kier molecular flexibility index (Phi) is 6.66. The van der Waals surface area contributed by atoms with Gasteiger partial charge in [0.2, 0.25) is 0 Å². The smallest absolute Gasteiger partial charge is 0.150 e. The predicted octanol–water partition coefficient (Wildman–Crippen LogP) is 2.23. The summed E-state index contributed by atoms with van der Waals surface area (Å²) in [5.74, 6) is -1.40. The molecule has 0 atom stereocenters. The minimum absolute atomic E-state index is 0.00236. The lowest BCUT2D eigenvalue weighted by Gasteiger charge is -2.07. The number of rotatable bonds is 7. The van der Waals surface area contributed by atoms with Crippen LogP contribution in [0, 0.1) is 11.6 Å². The van der Waals surface area contributed by atoms with Crippen LogP contribution in [0.5, 0.6) is 0 Å². The van der Waals surface area contributed by atoms with Crippen molar-refractivity contribution in [3.8, 4) is 0 Å². The van der Waals surface area contributed by atoms with Gasteiger partial charge >= 0.3 is 0 Å². The van der Waals surface area contributed by atoms with Crippen molar-refractivity contribution in [3.63, 3.8) is 0 Å². The molecule has 0 aromatic carbocycles. The van der Waals surface area contributed by atoms with Gasteiger partial charge in [0.05, 0.1) is 19.4 Å². The topological polar surface area (TPSA) is 60.2 Å². The number of halogens is 2. The Bertz CT molecular complexity index is 501. The van der Waals surface area contributed by atoms with Gasteiger partial charge in [-0.15, -0.1) is 0 Å². The van der Waals surface area contributed by atoms with Crippen LogP contribution < -0.4 is 11.1 Å². The van der Waals surface area contributed by atoms with E-state index in [1.807, 2.05) is 19.9 Å². The summed E-state index contributed by atoms with van der Waals surface area (Å²) < 4.78 is 31.2. The number of aromatic nitrogens is 1. The highest BCUT2D eigenvalue weighted by Gasteiger charge is 2.04. The van der Waals surface area contributed by atoms with Crippen molar-refractivity contribution >= 4 is 0 Å². The van der Waals surface area contributed by atoms with Gasteiger partial charge in [-0.05, 0) is 31.7 Å². The van der Waals surface area contributed by atoms with Gasteiger partial charge < -0.3 is 15.8 Å². The molecule has 0 aliphatic rings. The molecule has 20 heavy (non-hydrogen) atoms. The lowest BCUT2D eigenvalue weighted by atomic mass is 10.3. The lowest BCUT2D eigenvalue weighted by molar-refractivity contribution is 0.142. The predicted molar refractivity (Wildman–Crippen MR) is 73.5 cm³/mol. The molecular weight excluding hydrogens is 264 g/mol. The van der Waals surface area contributed by atoms with Crippen molar-refractivity contribution in [2.24, 2.45) is 5.73 Å². The Labute approximate surface area is 117 Å².